The summed E-state index contributed by atoms with van der Waals surface area (Å²) in [6, 6.07) is 10.2. The summed E-state index contributed by atoms with van der Waals surface area (Å²) in [5.74, 6) is -0.175. The molecule has 0 radical (unpaired) electrons. The molecule has 0 saturated carbocycles. The molecule has 0 aliphatic heterocycles. The minimum Gasteiger partial charge on any atom is -0.465 e. The van der Waals surface area contributed by atoms with Gasteiger partial charge in [-0.3, -0.25) is 4.79 Å². The van der Waals surface area contributed by atoms with E-state index in [1.54, 1.807) is 0 Å². The summed E-state index contributed by atoms with van der Waals surface area (Å²) in [6.07, 6.45) is 1.83. The van der Waals surface area contributed by atoms with Gasteiger partial charge in [0.1, 0.15) is 0 Å². The van der Waals surface area contributed by atoms with Gasteiger partial charge < -0.3 is 10.1 Å². The Morgan fingerprint density at radius 2 is 2.06 bits per heavy atom. The lowest BCUT2D eigenvalue weighted by Gasteiger charge is -2.11. The molecule has 0 aromatic heterocycles. The highest BCUT2D eigenvalue weighted by molar-refractivity contribution is 5.72. The lowest BCUT2D eigenvalue weighted by molar-refractivity contribution is -0.147. The first-order valence-electron chi connectivity index (χ1n) is 6.65. The van der Waals surface area contributed by atoms with E-state index in [2.05, 4.69) is 17.4 Å². The van der Waals surface area contributed by atoms with Crippen LogP contribution in [0, 0.1) is 5.92 Å². The highest BCUT2D eigenvalue weighted by Gasteiger charge is 2.12. The van der Waals surface area contributed by atoms with E-state index in [9.17, 15) is 4.79 Å². The highest BCUT2D eigenvalue weighted by Crippen LogP contribution is 2.03. The van der Waals surface area contributed by atoms with Crippen molar-refractivity contribution in [3.8, 4) is 0 Å². The molecule has 3 heteroatoms. The van der Waals surface area contributed by atoms with E-state index in [-0.39, 0.29) is 11.9 Å². The molecular weight excluding hydrogens is 226 g/mol. The second-order valence-electron chi connectivity index (χ2n) is 4.47. The fraction of sp³-hybridized carbons (Fsp3) is 0.533. The maximum Gasteiger partial charge on any atom is 0.309 e. The van der Waals surface area contributed by atoms with Crippen LogP contribution in [0.25, 0.3) is 0 Å². The molecule has 3 nitrogen and oxygen atoms in total. The predicted octanol–water partition coefficient (Wildman–Crippen LogP) is 2.41. The van der Waals surface area contributed by atoms with Crippen LogP contribution in [-0.2, 0) is 16.0 Å². The number of ether oxygens (including phenoxy) is 1. The molecule has 1 aromatic carbocycles. The number of carbonyl (C=O) groups is 1. The van der Waals surface area contributed by atoms with Gasteiger partial charge in [-0.1, -0.05) is 44.2 Å². The van der Waals surface area contributed by atoms with Gasteiger partial charge >= 0.3 is 5.97 Å². The predicted molar refractivity (Wildman–Crippen MR) is 73.4 cm³/mol. The van der Waals surface area contributed by atoms with E-state index in [0.717, 1.165) is 19.4 Å². The van der Waals surface area contributed by atoms with Gasteiger partial charge in [0.2, 0.25) is 0 Å². The first-order valence-corrected chi connectivity index (χ1v) is 6.65. The summed E-state index contributed by atoms with van der Waals surface area (Å²) in [6.45, 7) is 5.99. The average molecular weight is 249 g/mol. The maximum absolute atomic E-state index is 11.6. The summed E-state index contributed by atoms with van der Waals surface area (Å²) in [7, 11) is 0. The van der Waals surface area contributed by atoms with Gasteiger partial charge in [-0.15, -0.1) is 0 Å². The van der Waals surface area contributed by atoms with Crippen LogP contribution in [0.3, 0.4) is 0 Å². The summed E-state index contributed by atoms with van der Waals surface area (Å²) >= 11 is 0. The number of esters is 1. The zero-order valence-corrected chi connectivity index (χ0v) is 11.3. The molecular formula is C15H23NO2. The largest absolute Gasteiger partial charge is 0.465 e. The number of hydrogen-bond acceptors (Lipinski definition) is 3. The number of benzene rings is 1. The quantitative estimate of drug-likeness (QED) is 0.568. The molecule has 0 fully saturated rings. The Labute approximate surface area is 110 Å². The first-order chi connectivity index (χ1) is 8.74. The van der Waals surface area contributed by atoms with Crippen molar-refractivity contribution < 1.29 is 9.53 Å². The zero-order chi connectivity index (χ0) is 13.2. The van der Waals surface area contributed by atoms with Gasteiger partial charge in [-0.25, -0.2) is 0 Å². The van der Waals surface area contributed by atoms with Gasteiger partial charge in [-0.2, -0.15) is 0 Å². The van der Waals surface area contributed by atoms with Crippen molar-refractivity contribution in [3.05, 3.63) is 35.9 Å². The molecule has 1 atom stereocenters. The topological polar surface area (TPSA) is 38.3 Å². The van der Waals surface area contributed by atoms with Crippen molar-refractivity contribution in [3.63, 3.8) is 0 Å². The average Bonchev–Trinajstić information content (AvgIpc) is 2.41. The molecule has 1 rings (SSSR count). The Hall–Kier alpha value is -1.35. The maximum atomic E-state index is 11.6. The third-order valence-electron chi connectivity index (χ3n) is 2.80. The van der Waals surface area contributed by atoms with E-state index >= 15 is 0 Å². The fourth-order valence-corrected chi connectivity index (χ4v) is 1.68. The SMILES string of the molecule is CCNCC(C)C(=O)OCCCc1ccccc1. The Bertz CT molecular complexity index is 338. The number of aryl methyl sites for hydroxylation is 1. The molecule has 0 bridgehead atoms. The molecule has 0 amide bonds. The Balaban J connectivity index is 2.12. The van der Waals surface area contributed by atoms with Crippen molar-refractivity contribution in [2.24, 2.45) is 5.92 Å². The standard InChI is InChI=1S/C15H23NO2/c1-3-16-12-13(2)15(17)18-11-7-10-14-8-5-4-6-9-14/h4-6,8-9,13,16H,3,7,10-12H2,1-2H3. The van der Waals surface area contributed by atoms with Crippen LogP contribution in [0.4, 0.5) is 0 Å². The van der Waals surface area contributed by atoms with Crippen LogP contribution in [0.2, 0.25) is 0 Å². The molecule has 18 heavy (non-hydrogen) atoms. The van der Waals surface area contributed by atoms with Crippen LogP contribution in [0.15, 0.2) is 30.3 Å². The van der Waals surface area contributed by atoms with E-state index in [1.807, 2.05) is 32.0 Å². The lowest BCUT2D eigenvalue weighted by atomic mass is 10.1. The Morgan fingerprint density at radius 3 is 2.72 bits per heavy atom. The summed E-state index contributed by atoms with van der Waals surface area (Å²) in [5, 5.41) is 3.14. The number of nitrogens with one attached hydrogen (secondary N) is 1. The normalized spacial score (nSPS) is 12.1. The lowest BCUT2D eigenvalue weighted by Crippen LogP contribution is -2.27. The summed E-state index contributed by atoms with van der Waals surface area (Å²) in [4.78, 5) is 11.6. The molecule has 1 aromatic rings. The summed E-state index contributed by atoms with van der Waals surface area (Å²) in [5.41, 5.74) is 1.29. The van der Waals surface area contributed by atoms with E-state index in [1.165, 1.54) is 5.56 Å². The van der Waals surface area contributed by atoms with Crippen molar-refractivity contribution in [1.82, 2.24) is 5.32 Å². The van der Waals surface area contributed by atoms with E-state index in [0.29, 0.717) is 13.2 Å². The smallest absolute Gasteiger partial charge is 0.309 e. The molecule has 0 aliphatic carbocycles. The number of hydrogen-bond donors (Lipinski definition) is 1. The van der Waals surface area contributed by atoms with Crippen molar-refractivity contribution in [2.45, 2.75) is 26.7 Å². The fourth-order valence-electron chi connectivity index (χ4n) is 1.68. The van der Waals surface area contributed by atoms with Gasteiger partial charge in [0.05, 0.1) is 12.5 Å². The van der Waals surface area contributed by atoms with Gasteiger partial charge in [0.25, 0.3) is 0 Å². The zero-order valence-electron chi connectivity index (χ0n) is 11.3. The molecule has 0 heterocycles. The van der Waals surface area contributed by atoms with Crippen LogP contribution < -0.4 is 5.32 Å². The van der Waals surface area contributed by atoms with E-state index in [4.69, 9.17) is 4.74 Å². The second-order valence-corrected chi connectivity index (χ2v) is 4.47. The van der Waals surface area contributed by atoms with Crippen LogP contribution >= 0.6 is 0 Å². The van der Waals surface area contributed by atoms with Crippen LogP contribution in [-0.4, -0.2) is 25.7 Å². The van der Waals surface area contributed by atoms with Gasteiger partial charge in [0, 0.05) is 6.54 Å². The van der Waals surface area contributed by atoms with Crippen molar-refractivity contribution in [1.29, 1.82) is 0 Å². The summed E-state index contributed by atoms with van der Waals surface area (Å²) < 4.78 is 5.24. The molecule has 0 aliphatic rings. The Kier molecular flexibility index (Phi) is 7.11. The third kappa shape index (κ3) is 5.82. The number of carbonyl (C=O) groups excluding carboxylic acids is 1. The molecule has 100 valence electrons. The van der Waals surface area contributed by atoms with Gasteiger partial charge in [0.15, 0.2) is 0 Å². The monoisotopic (exact) mass is 249 g/mol. The minimum atomic E-state index is -0.107. The highest BCUT2D eigenvalue weighted by atomic mass is 16.5. The van der Waals surface area contributed by atoms with Crippen LogP contribution in [0.5, 0.6) is 0 Å². The van der Waals surface area contributed by atoms with E-state index < -0.39 is 0 Å². The first kappa shape index (κ1) is 14.7. The molecule has 0 saturated heterocycles. The minimum absolute atomic E-state index is 0.0679. The third-order valence-corrected chi connectivity index (χ3v) is 2.80. The second kappa shape index (κ2) is 8.70. The number of rotatable bonds is 8. The molecule has 0 spiro atoms. The molecule has 1 unspecified atom stereocenters. The van der Waals surface area contributed by atoms with Crippen LogP contribution in [0.1, 0.15) is 25.8 Å². The van der Waals surface area contributed by atoms with Crippen molar-refractivity contribution in [2.75, 3.05) is 19.7 Å². The van der Waals surface area contributed by atoms with Gasteiger partial charge in [-0.05, 0) is 24.9 Å². The van der Waals surface area contributed by atoms with Crippen molar-refractivity contribution >= 4 is 5.97 Å². The Morgan fingerprint density at radius 1 is 1.33 bits per heavy atom. The molecule has 1 N–H and O–H groups in total.